The molecule has 3 rings (SSSR count). The smallest absolute Gasteiger partial charge is 0.315 e. The van der Waals surface area contributed by atoms with Crippen LogP contribution in [0.25, 0.3) is 0 Å². The first kappa shape index (κ1) is 16.9. The van der Waals surface area contributed by atoms with Gasteiger partial charge in [-0.2, -0.15) is 0 Å². The van der Waals surface area contributed by atoms with Gasteiger partial charge in [0.2, 0.25) is 0 Å². The molecular formula is C18H21ClN2O3. The Morgan fingerprint density at radius 3 is 2.62 bits per heavy atom. The van der Waals surface area contributed by atoms with Crippen molar-refractivity contribution < 1.29 is 13.9 Å². The largest absolute Gasteiger partial charge is 0.467 e. The Morgan fingerprint density at radius 1 is 1.12 bits per heavy atom. The Kier molecular flexibility index (Phi) is 5.43. The predicted octanol–water partition coefficient (Wildman–Crippen LogP) is 3.48. The summed E-state index contributed by atoms with van der Waals surface area (Å²) >= 11 is 6.41. The molecule has 0 saturated carbocycles. The van der Waals surface area contributed by atoms with Crippen LogP contribution in [-0.4, -0.2) is 25.8 Å². The molecule has 6 heteroatoms. The quantitative estimate of drug-likeness (QED) is 0.869. The number of ether oxygens (including phenoxy) is 1. The summed E-state index contributed by atoms with van der Waals surface area (Å²) < 4.78 is 10.7. The molecule has 1 aromatic heterocycles. The predicted molar refractivity (Wildman–Crippen MR) is 92.1 cm³/mol. The molecular weight excluding hydrogens is 328 g/mol. The molecule has 0 atom stereocenters. The maximum Gasteiger partial charge on any atom is 0.315 e. The first-order chi connectivity index (χ1) is 11.7. The van der Waals surface area contributed by atoms with E-state index in [-0.39, 0.29) is 11.4 Å². The van der Waals surface area contributed by atoms with Gasteiger partial charge in [-0.1, -0.05) is 29.8 Å². The zero-order valence-corrected chi connectivity index (χ0v) is 14.1. The standard InChI is InChI=1S/C18H21ClN2O3/c19-16-6-2-1-5-15(16)18(7-10-23-11-8-18)13-21-17(22)20-12-14-4-3-9-24-14/h1-6,9H,7-8,10-13H2,(H2,20,21,22). The number of hydrogen-bond donors (Lipinski definition) is 2. The van der Waals surface area contributed by atoms with Crippen LogP contribution in [0.3, 0.4) is 0 Å². The number of benzene rings is 1. The molecule has 24 heavy (non-hydrogen) atoms. The number of halogens is 1. The lowest BCUT2D eigenvalue weighted by molar-refractivity contribution is 0.0507. The molecule has 1 aromatic carbocycles. The number of amides is 2. The van der Waals surface area contributed by atoms with E-state index < -0.39 is 0 Å². The third-order valence-electron chi connectivity index (χ3n) is 4.49. The Bertz CT molecular complexity index is 667. The van der Waals surface area contributed by atoms with Gasteiger partial charge >= 0.3 is 6.03 Å². The Labute approximate surface area is 146 Å². The van der Waals surface area contributed by atoms with Gasteiger partial charge in [0.1, 0.15) is 5.76 Å². The fourth-order valence-electron chi connectivity index (χ4n) is 3.09. The highest BCUT2D eigenvalue weighted by atomic mass is 35.5. The minimum absolute atomic E-state index is 0.196. The molecule has 1 fully saturated rings. The third kappa shape index (κ3) is 3.91. The van der Waals surface area contributed by atoms with Crippen LogP contribution in [0.5, 0.6) is 0 Å². The summed E-state index contributed by atoms with van der Waals surface area (Å²) in [5.74, 6) is 0.719. The van der Waals surface area contributed by atoms with Gasteiger partial charge in [0, 0.05) is 30.2 Å². The van der Waals surface area contributed by atoms with Crippen LogP contribution in [0, 0.1) is 0 Å². The summed E-state index contributed by atoms with van der Waals surface area (Å²) in [7, 11) is 0. The molecule has 1 aliphatic rings. The SMILES string of the molecule is O=C(NCc1ccco1)NCC1(c2ccccc2Cl)CCOCC1. The van der Waals surface area contributed by atoms with Crippen LogP contribution in [0.2, 0.25) is 5.02 Å². The number of carbonyl (C=O) groups is 1. The van der Waals surface area contributed by atoms with Crippen LogP contribution in [0.15, 0.2) is 47.1 Å². The van der Waals surface area contributed by atoms with E-state index in [9.17, 15) is 4.79 Å². The first-order valence-corrected chi connectivity index (χ1v) is 8.44. The van der Waals surface area contributed by atoms with Gasteiger partial charge < -0.3 is 19.8 Å². The Morgan fingerprint density at radius 2 is 1.92 bits per heavy atom. The van der Waals surface area contributed by atoms with Crippen molar-refractivity contribution >= 4 is 17.6 Å². The number of urea groups is 1. The maximum atomic E-state index is 12.1. The Balaban J connectivity index is 1.64. The van der Waals surface area contributed by atoms with Gasteiger partial charge in [0.25, 0.3) is 0 Å². The van der Waals surface area contributed by atoms with E-state index in [4.69, 9.17) is 20.8 Å². The van der Waals surface area contributed by atoms with Crippen molar-refractivity contribution in [1.82, 2.24) is 10.6 Å². The molecule has 2 aromatic rings. The number of rotatable bonds is 5. The summed E-state index contributed by atoms with van der Waals surface area (Å²) in [6.45, 7) is 2.22. The highest BCUT2D eigenvalue weighted by Gasteiger charge is 2.36. The molecule has 0 spiro atoms. The van der Waals surface area contributed by atoms with Gasteiger partial charge in [-0.15, -0.1) is 0 Å². The van der Waals surface area contributed by atoms with Crippen LogP contribution < -0.4 is 10.6 Å². The summed E-state index contributed by atoms with van der Waals surface area (Å²) in [5, 5.41) is 6.51. The van der Waals surface area contributed by atoms with E-state index in [2.05, 4.69) is 10.6 Å². The monoisotopic (exact) mass is 348 g/mol. The van der Waals surface area contributed by atoms with Gasteiger partial charge in [-0.25, -0.2) is 4.79 Å². The number of carbonyl (C=O) groups excluding carboxylic acids is 1. The normalized spacial score (nSPS) is 16.5. The fraction of sp³-hybridized carbons (Fsp3) is 0.389. The minimum atomic E-state index is -0.218. The van der Waals surface area contributed by atoms with Crippen LogP contribution in [0.4, 0.5) is 4.79 Å². The lowest BCUT2D eigenvalue weighted by Gasteiger charge is -2.38. The van der Waals surface area contributed by atoms with Crippen molar-refractivity contribution in [3.8, 4) is 0 Å². The van der Waals surface area contributed by atoms with Crippen LogP contribution >= 0.6 is 11.6 Å². The van der Waals surface area contributed by atoms with Gasteiger partial charge in [0.15, 0.2) is 0 Å². The fourth-order valence-corrected chi connectivity index (χ4v) is 3.42. The van der Waals surface area contributed by atoms with Crippen LogP contribution in [0.1, 0.15) is 24.2 Å². The molecule has 2 N–H and O–H groups in total. The van der Waals surface area contributed by atoms with Crippen molar-refractivity contribution in [3.05, 3.63) is 59.0 Å². The van der Waals surface area contributed by atoms with E-state index in [1.807, 2.05) is 30.3 Å². The molecule has 0 aliphatic carbocycles. The lowest BCUT2D eigenvalue weighted by atomic mass is 9.74. The summed E-state index contributed by atoms with van der Waals surface area (Å²) in [5.41, 5.74) is 0.875. The first-order valence-electron chi connectivity index (χ1n) is 8.06. The van der Waals surface area contributed by atoms with Crippen molar-refractivity contribution in [2.24, 2.45) is 0 Å². The summed E-state index contributed by atoms with van der Waals surface area (Å²) in [6.07, 6.45) is 3.24. The summed E-state index contributed by atoms with van der Waals surface area (Å²) in [4.78, 5) is 12.1. The molecule has 1 saturated heterocycles. The van der Waals surface area contributed by atoms with Crippen molar-refractivity contribution in [1.29, 1.82) is 0 Å². The zero-order valence-electron chi connectivity index (χ0n) is 13.4. The van der Waals surface area contributed by atoms with Gasteiger partial charge in [-0.3, -0.25) is 0 Å². The average molecular weight is 349 g/mol. The van der Waals surface area contributed by atoms with Crippen molar-refractivity contribution in [2.45, 2.75) is 24.8 Å². The topological polar surface area (TPSA) is 63.5 Å². The van der Waals surface area contributed by atoms with E-state index in [0.717, 1.165) is 29.2 Å². The lowest BCUT2D eigenvalue weighted by Crippen LogP contribution is -2.47. The van der Waals surface area contributed by atoms with Crippen LogP contribution in [-0.2, 0) is 16.7 Å². The van der Waals surface area contributed by atoms with Crippen molar-refractivity contribution in [2.75, 3.05) is 19.8 Å². The molecule has 2 amide bonds. The van der Waals surface area contributed by atoms with E-state index in [0.29, 0.717) is 26.3 Å². The van der Waals surface area contributed by atoms with E-state index >= 15 is 0 Å². The minimum Gasteiger partial charge on any atom is -0.467 e. The third-order valence-corrected chi connectivity index (χ3v) is 4.82. The zero-order chi connectivity index (χ0) is 16.8. The molecule has 2 heterocycles. The highest BCUT2D eigenvalue weighted by molar-refractivity contribution is 6.31. The molecule has 128 valence electrons. The maximum absolute atomic E-state index is 12.1. The second kappa shape index (κ2) is 7.73. The number of furan rings is 1. The molecule has 1 aliphatic heterocycles. The molecule has 5 nitrogen and oxygen atoms in total. The van der Waals surface area contributed by atoms with E-state index in [1.165, 1.54) is 0 Å². The van der Waals surface area contributed by atoms with Gasteiger partial charge in [-0.05, 0) is 36.6 Å². The van der Waals surface area contributed by atoms with Crippen molar-refractivity contribution in [3.63, 3.8) is 0 Å². The average Bonchev–Trinajstić information content (AvgIpc) is 3.13. The highest BCUT2D eigenvalue weighted by Crippen LogP contribution is 2.38. The van der Waals surface area contributed by atoms with Gasteiger partial charge in [0.05, 0.1) is 12.8 Å². The molecule has 0 radical (unpaired) electrons. The summed E-state index contributed by atoms with van der Waals surface area (Å²) in [6, 6.07) is 11.2. The Hall–Kier alpha value is -1.98. The second-order valence-corrected chi connectivity index (χ2v) is 6.40. The number of nitrogens with one attached hydrogen (secondary N) is 2. The molecule has 0 bridgehead atoms. The second-order valence-electron chi connectivity index (χ2n) is 5.99. The van der Waals surface area contributed by atoms with E-state index in [1.54, 1.807) is 12.3 Å². The number of hydrogen-bond acceptors (Lipinski definition) is 3. The molecule has 0 unspecified atom stereocenters.